The van der Waals surface area contributed by atoms with Crippen LogP contribution in [0.15, 0.2) is 24.5 Å². The molecule has 2 aromatic heterocycles. The number of hydrogen-bond acceptors (Lipinski definition) is 5. The highest BCUT2D eigenvalue weighted by Gasteiger charge is 2.24. The minimum atomic E-state index is 0.0474. The van der Waals surface area contributed by atoms with Crippen molar-refractivity contribution in [1.29, 1.82) is 0 Å². The highest BCUT2D eigenvalue weighted by Crippen LogP contribution is 2.34. The fraction of sp³-hybridized carbons (Fsp3) is 0.333. The van der Waals surface area contributed by atoms with Crippen molar-refractivity contribution < 1.29 is 4.79 Å². The zero-order valence-electron chi connectivity index (χ0n) is 11.6. The van der Waals surface area contributed by atoms with Crippen LogP contribution in [-0.2, 0) is 0 Å². The first-order valence-corrected chi connectivity index (χ1v) is 7.50. The molecule has 0 saturated carbocycles. The molecule has 0 aromatic carbocycles. The van der Waals surface area contributed by atoms with Crippen molar-refractivity contribution >= 4 is 22.1 Å². The molecule has 2 aromatic rings. The molecule has 0 spiro atoms. The average Bonchev–Trinajstić information content (AvgIpc) is 3.25. The Morgan fingerprint density at radius 3 is 3.00 bits per heavy atom. The van der Waals surface area contributed by atoms with E-state index in [1.54, 1.807) is 29.8 Å². The van der Waals surface area contributed by atoms with E-state index in [0.29, 0.717) is 11.6 Å². The molecule has 0 radical (unpaired) electrons. The Balaban J connectivity index is 1.92. The van der Waals surface area contributed by atoms with Crippen LogP contribution in [0.3, 0.4) is 0 Å². The molecule has 0 amide bonds. The molecule has 1 saturated heterocycles. The van der Waals surface area contributed by atoms with Crippen LogP contribution in [-0.4, -0.2) is 29.9 Å². The van der Waals surface area contributed by atoms with Crippen LogP contribution in [0.2, 0.25) is 0 Å². The Labute approximate surface area is 122 Å². The van der Waals surface area contributed by atoms with Crippen LogP contribution in [0.25, 0.3) is 0 Å². The number of rotatable bonds is 5. The third-order valence-electron chi connectivity index (χ3n) is 3.54. The molecule has 1 aliphatic heterocycles. The van der Waals surface area contributed by atoms with Gasteiger partial charge in [0.1, 0.15) is 5.00 Å². The Bertz CT molecular complexity index is 632. The van der Waals surface area contributed by atoms with E-state index in [1.165, 1.54) is 4.88 Å². The maximum absolute atomic E-state index is 12.7. The van der Waals surface area contributed by atoms with Crippen LogP contribution in [0, 0.1) is 13.8 Å². The number of thiophene rings is 1. The molecule has 2 N–H and O–H groups in total. The minimum absolute atomic E-state index is 0.0474. The number of anilines is 1. The normalized spacial score (nSPS) is 17.0. The molecule has 104 valence electrons. The second-order valence-electron chi connectivity index (χ2n) is 5.04. The summed E-state index contributed by atoms with van der Waals surface area (Å²) in [4.78, 5) is 17.9. The number of pyridine rings is 1. The predicted molar refractivity (Wildman–Crippen MR) is 81.7 cm³/mol. The number of nitrogens with zero attached hydrogens (tertiary/aromatic N) is 1. The van der Waals surface area contributed by atoms with Crippen LogP contribution in [0.4, 0.5) is 5.00 Å². The molecule has 4 nitrogen and oxygen atoms in total. The van der Waals surface area contributed by atoms with E-state index in [4.69, 9.17) is 0 Å². The smallest absolute Gasteiger partial charge is 0.197 e. The van der Waals surface area contributed by atoms with Crippen molar-refractivity contribution in [1.82, 2.24) is 10.3 Å². The van der Waals surface area contributed by atoms with Crippen LogP contribution in [0.1, 0.15) is 26.4 Å². The fourth-order valence-electron chi connectivity index (χ4n) is 2.11. The van der Waals surface area contributed by atoms with Crippen LogP contribution in [0.5, 0.6) is 0 Å². The molecule has 5 heteroatoms. The standard InChI is InChI=1S/C15H17N3OS/c1-9-10(2)20-15(18-8-12-7-17-12)13(9)14(19)11-4-3-5-16-6-11/h3-6,12,17-18H,7-8H2,1-2H3. The highest BCUT2D eigenvalue weighted by atomic mass is 32.1. The van der Waals surface area contributed by atoms with E-state index in [-0.39, 0.29) is 5.78 Å². The SMILES string of the molecule is Cc1sc(NCC2CN2)c(C(=O)c2cccnc2)c1C. The Morgan fingerprint density at radius 2 is 2.35 bits per heavy atom. The molecule has 1 unspecified atom stereocenters. The Kier molecular flexibility index (Phi) is 3.54. The van der Waals surface area contributed by atoms with Gasteiger partial charge in [-0.3, -0.25) is 9.78 Å². The van der Waals surface area contributed by atoms with Gasteiger partial charge in [-0.15, -0.1) is 11.3 Å². The molecular weight excluding hydrogens is 270 g/mol. The van der Waals surface area contributed by atoms with Crippen molar-refractivity contribution in [2.75, 3.05) is 18.4 Å². The van der Waals surface area contributed by atoms with Crippen molar-refractivity contribution in [2.24, 2.45) is 0 Å². The third kappa shape index (κ3) is 2.59. The van der Waals surface area contributed by atoms with Crippen LogP contribution < -0.4 is 10.6 Å². The Hall–Kier alpha value is -1.72. The topological polar surface area (TPSA) is 63.9 Å². The van der Waals surface area contributed by atoms with Crippen molar-refractivity contribution in [3.05, 3.63) is 46.1 Å². The molecule has 1 aliphatic rings. The largest absolute Gasteiger partial charge is 0.375 e. The average molecular weight is 287 g/mol. The fourth-order valence-corrected chi connectivity index (χ4v) is 3.17. The van der Waals surface area contributed by atoms with E-state index >= 15 is 0 Å². The molecule has 3 rings (SSSR count). The minimum Gasteiger partial charge on any atom is -0.375 e. The second-order valence-corrected chi connectivity index (χ2v) is 6.27. The summed E-state index contributed by atoms with van der Waals surface area (Å²) in [5.74, 6) is 0.0474. The number of hydrogen-bond donors (Lipinski definition) is 2. The first kappa shape index (κ1) is 13.3. The first-order valence-electron chi connectivity index (χ1n) is 6.69. The first-order chi connectivity index (χ1) is 9.66. The monoisotopic (exact) mass is 287 g/mol. The number of aromatic nitrogens is 1. The summed E-state index contributed by atoms with van der Waals surface area (Å²) in [6, 6.07) is 4.15. The number of ketones is 1. The van der Waals surface area contributed by atoms with Gasteiger partial charge in [0.2, 0.25) is 0 Å². The lowest BCUT2D eigenvalue weighted by molar-refractivity contribution is 0.103. The molecular formula is C15H17N3OS. The molecule has 0 aliphatic carbocycles. The highest BCUT2D eigenvalue weighted by molar-refractivity contribution is 7.16. The number of aryl methyl sites for hydroxylation is 1. The Morgan fingerprint density at radius 1 is 1.55 bits per heavy atom. The molecule has 1 fully saturated rings. The molecule has 3 heterocycles. The summed E-state index contributed by atoms with van der Waals surface area (Å²) >= 11 is 1.65. The van der Waals surface area contributed by atoms with Gasteiger partial charge in [0, 0.05) is 42.0 Å². The lowest BCUT2D eigenvalue weighted by Crippen LogP contribution is -2.12. The summed E-state index contributed by atoms with van der Waals surface area (Å²) in [5.41, 5.74) is 2.50. The predicted octanol–water partition coefficient (Wildman–Crippen LogP) is 2.37. The van der Waals surface area contributed by atoms with Gasteiger partial charge >= 0.3 is 0 Å². The maximum Gasteiger partial charge on any atom is 0.197 e. The van der Waals surface area contributed by atoms with Crippen LogP contribution >= 0.6 is 11.3 Å². The summed E-state index contributed by atoms with van der Waals surface area (Å²) in [7, 11) is 0. The zero-order chi connectivity index (χ0) is 14.1. The van der Waals surface area contributed by atoms with E-state index in [2.05, 4.69) is 22.5 Å². The summed E-state index contributed by atoms with van der Waals surface area (Å²) < 4.78 is 0. The van der Waals surface area contributed by atoms with Gasteiger partial charge in [-0.25, -0.2) is 0 Å². The lowest BCUT2D eigenvalue weighted by Gasteiger charge is -2.07. The van der Waals surface area contributed by atoms with E-state index in [1.807, 2.05) is 13.0 Å². The third-order valence-corrected chi connectivity index (χ3v) is 4.70. The van der Waals surface area contributed by atoms with Gasteiger partial charge < -0.3 is 10.6 Å². The molecule has 20 heavy (non-hydrogen) atoms. The van der Waals surface area contributed by atoms with Gasteiger partial charge in [-0.1, -0.05) is 0 Å². The summed E-state index contributed by atoms with van der Waals surface area (Å²) in [5, 5.41) is 7.63. The quantitative estimate of drug-likeness (QED) is 0.654. The van der Waals surface area contributed by atoms with Gasteiger partial charge in [-0.2, -0.15) is 0 Å². The second kappa shape index (κ2) is 5.34. The molecule has 1 atom stereocenters. The van der Waals surface area contributed by atoms with Crippen molar-refractivity contribution in [2.45, 2.75) is 19.9 Å². The van der Waals surface area contributed by atoms with Gasteiger partial charge in [0.15, 0.2) is 5.78 Å². The van der Waals surface area contributed by atoms with E-state index in [9.17, 15) is 4.79 Å². The van der Waals surface area contributed by atoms with Crippen molar-refractivity contribution in [3.63, 3.8) is 0 Å². The number of nitrogens with one attached hydrogen (secondary N) is 2. The van der Waals surface area contributed by atoms with Crippen molar-refractivity contribution in [3.8, 4) is 0 Å². The van der Waals surface area contributed by atoms with Gasteiger partial charge in [0.25, 0.3) is 0 Å². The number of carbonyl (C=O) groups excluding carboxylic acids is 1. The lowest BCUT2D eigenvalue weighted by atomic mass is 10.0. The van der Waals surface area contributed by atoms with E-state index in [0.717, 1.165) is 29.2 Å². The maximum atomic E-state index is 12.7. The molecule has 0 bridgehead atoms. The zero-order valence-corrected chi connectivity index (χ0v) is 12.4. The number of carbonyl (C=O) groups is 1. The van der Waals surface area contributed by atoms with E-state index < -0.39 is 0 Å². The van der Waals surface area contributed by atoms with Gasteiger partial charge in [0.05, 0.1) is 5.56 Å². The summed E-state index contributed by atoms with van der Waals surface area (Å²) in [6.07, 6.45) is 3.31. The van der Waals surface area contributed by atoms with Gasteiger partial charge in [-0.05, 0) is 31.5 Å². The summed E-state index contributed by atoms with van der Waals surface area (Å²) in [6.45, 7) is 5.99.